The van der Waals surface area contributed by atoms with E-state index in [2.05, 4.69) is 26.1 Å². The summed E-state index contributed by atoms with van der Waals surface area (Å²) in [4.78, 5) is 0. The second-order valence-corrected chi connectivity index (χ2v) is 7.07. The van der Waals surface area contributed by atoms with Crippen molar-refractivity contribution in [2.45, 2.75) is 32.3 Å². The van der Waals surface area contributed by atoms with E-state index in [0.717, 1.165) is 30.5 Å². The summed E-state index contributed by atoms with van der Waals surface area (Å²) in [5.74, 6) is 0. The summed E-state index contributed by atoms with van der Waals surface area (Å²) >= 11 is 0. The molecule has 2 aromatic rings. The molecular formula is C22H31IN2O2. The molecule has 0 unspecified atom stereocenters. The predicted octanol–water partition coefficient (Wildman–Crippen LogP) is 1.02. The number of aliphatic hydroxyl groups is 1. The topological polar surface area (TPSA) is 52.8 Å². The molecule has 27 heavy (non-hydrogen) atoms. The van der Waals surface area contributed by atoms with Crippen LogP contribution >= 0.6 is 0 Å². The molecule has 5 heteroatoms. The molecular weight excluding hydrogens is 451 g/mol. The van der Waals surface area contributed by atoms with E-state index in [9.17, 15) is 10.3 Å². The number of rotatable bonds is 9. The molecule has 0 atom stereocenters. The molecule has 2 aromatic carbocycles. The van der Waals surface area contributed by atoms with Crippen LogP contribution in [0, 0.1) is 0 Å². The molecule has 0 aromatic heterocycles. The van der Waals surface area contributed by atoms with Gasteiger partial charge in [0.05, 0.1) is 32.4 Å². The van der Waals surface area contributed by atoms with Crippen LogP contribution in [0.5, 0.6) is 0 Å². The van der Waals surface area contributed by atoms with Crippen molar-refractivity contribution < 1.29 is 38.8 Å². The van der Waals surface area contributed by atoms with Crippen LogP contribution in [0.25, 0.3) is 0 Å². The van der Waals surface area contributed by atoms with Crippen molar-refractivity contribution in [2.24, 2.45) is 5.16 Å². The number of hydrogen-bond donors (Lipinski definition) is 2. The highest BCUT2D eigenvalue weighted by Crippen LogP contribution is 2.33. The van der Waals surface area contributed by atoms with Crippen LogP contribution in [0.4, 0.5) is 0 Å². The minimum Gasteiger partial charge on any atom is -1.00 e. The molecule has 0 bridgehead atoms. The second kappa shape index (κ2) is 10.8. The normalized spacial score (nSPS) is 12.5. The fourth-order valence-corrected chi connectivity index (χ4v) is 3.33. The lowest BCUT2D eigenvalue weighted by atomic mass is 9.80. The summed E-state index contributed by atoms with van der Waals surface area (Å²) in [6.07, 6.45) is 1.38. The molecule has 2 N–H and O–H groups in total. The van der Waals surface area contributed by atoms with Crippen LogP contribution in [-0.4, -0.2) is 47.2 Å². The van der Waals surface area contributed by atoms with Crippen LogP contribution in [0.2, 0.25) is 0 Å². The molecule has 0 aliphatic heterocycles. The van der Waals surface area contributed by atoms with Gasteiger partial charge in [0.1, 0.15) is 0 Å². The summed E-state index contributed by atoms with van der Waals surface area (Å²) in [7, 11) is 2.23. The lowest BCUT2D eigenvalue weighted by molar-refractivity contribution is -0.906. The number of benzene rings is 2. The van der Waals surface area contributed by atoms with Crippen LogP contribution in [0.15, 0.2) is 65.8 Å². The maximum Gasteiger partial charge on any atom is 0.156 e. The van der Waals surface area contributed by atoms with Crippen molar-refractivity contribution in [3.05, 3.63) is 71.8 Å². The van der Waals surface area contributed by atoms with Crippen molar-refractivity contribution in [1.29, 1.82) is 0 Å². The minimum absolute atomic E-state index is 0. The van der Waals surface area contributed by atoms with Crippen molar-refractivity contribution in [3.8, 4) is 0 Å². The Kier molecular flexibility index (Phi) is 9.42. The van der Waals surface area contributed by atoms with Gasteiger partial charge in [0.15, 0.2) is 5.60 Å². The lowest BCUT2D eigenvalue weighted by Gasteiger charge is -2.33. The van der Waals surface area contributed by atoms with E-state index >= 15 is 0 Å². The standard InChI is InChI=1S/C22H30N2O2.HI/c1-4-24(3,5-2)18-12-17-21(23-26)22(25,19-13-8-6-9-14-19)20-15-10-7-11-16-20;/h6-11,13-16,25H,4-5,12,17-18H2,1-3H3;1H/b23-21+;. The first-order valence-corrected chi connectivity index (χ1v) is 9.38. The highest BCUT2D eigenvalue weighted by atomic mass is 127. The first kappa shape index (κ1) is 23.6. The van der Waals surface area contributed by atoms with Crippen LogP contribution in [0.3, 0.4) is 0 Å². The molecule has 0 heterocycles. The smallest absolute Gasteiger partial charge is 0.156 e. The molecule has 0 aliphatic carbocycles. The van der Waals surface area contributed by atoms with E-state index in [4.69, 9.17) is 0 Å². The Morgan fingerprint density at radius 3 is 1.74 bits per heavy atom. The fourth-order valence-electron chi connectivity index (χ4n) is 3.33. The maximum atomic E-state index is 11.7. The number of halogens is 1. The van der Waals surface area contributed by atoms with Gasteiger partial charge in [0.2, 0.25) is 0 Å². The van der Waals surface area contributed by atoms with E-state index in [0.29, 0.717) is 23.3 Å². The van der Waals surface area contributed by atoms with Crippen LogP contribution in [-0.2, 0) is 5.60 Å². The zero-order valence-corrected chi connectivity index (χ0v) is 18.6. The summed E-state index contributed by atoms with van der Waals surface area (Å²) in [5, 5.41) is 25.0. The first-order chi connectivity index (χ1) is 12.5. The predicted molar refractivity (Wildman–Crippen MR) is 106 cm³/mol. The van der Waals surface area contributed by atoms with E-state index < -0.39 is 5.60 Å². The maximum absolute atomic E-state index is 11.7. The molecule has 0 aliphatic rings. The zero-order valence-electron chi connectivity index (χ0n) is 16.5. The lowest BCUT2D eigenvalue weighted by Crippen LogP contribution is -3.00. The largest absolute Gasteiger partial charge is 1.00 e. The quantitative estimate of drug-likeness (QED) is 0.185. The average Bonchev–Trinajstić information content (AvgIpc) is 2.71. The molecule has 148 valence electrons. The molecule has 4 nitrogen and oxygen atoms in total. The molecule has 0 saturated heterocycles. The van der Waals surface area contributed by atoms with Gasteiger partial charge in [0, 0.05) is 6.42 Å². The summed E-state index contributed by atoms with van der Waals surface area (Å²) in [6.45, 7) is 7.47. The monoisotopic (exact) mass is 482 g/mol. The summed E-state index contributed by atoms with van der Waals surface area (Å²) < 4.78 is 0.966. The van der Waals surface area contributed by atoms with Gasteiger partial charge in [-0.25, -0.2) is 0 Å². The molecule has 0 saturated carbocycles. The highest BCUT2D eigenvalue weighted by molar-refractivity contribution is 5.96. The summed E-state index contributed by atoms with van der Waals surface area (Å²) in [5.41, 5.74) is 0.372. The SMILES string of the molecule is CC[N+](C)(CC)CCC/C(=N\O)C(O)(c1ccccc1)c1ccccc1.[I-]. The molecule has 0 spiro atoms. The van der Waals surface area contributed by atoms with Gasteiger partial charge in [-0.3, -0.25) is 0 Å². The van der Waals surface area contributed by atoms with Crippen molar-refractivity contribution in [3.63, 3.8) is 0 Å². The Balaban J connectivity index is 0.00000364. The van der Waals surface area contributed by atoms with Gasteiger partial charge in [-0.2, -0.15) is 0 Å². The summed E-state index contributed by atoms with van der Waals surface area (Å²) in [6, 6.07) is 18.9. The van der Waals surface area contributed by atoms with E-state index in [1.165, 1.54) is 0 Å². The number of quaternary nitrogens is 1. The Morgan fingerprint density at radius 2 is 1.37 bits per heavy atom. The van der Waals surface area contributed by atoms with E-state index in [1.807, 2.05) is 60.7 Å². The number of hydrogen-bond acceptors (Lipinski definition) is 3. The minimum atomic E-state index is -1.43. The van der Waals surface area contributed by atoms with E-state index in [1.54, 1.807) is 0 Å². The average molecular weight is 482 g/mol. The van der Waals surface area contributed by atoms with Gasteiger partial charge in [-0.15, -0.1) is 0 Å². The van der Waals surface area contributed by atoms with Crippen LogP contribution < -0.4 is 24.0 Å². The highest BCUT2D eigenvalue weighted by Gasteiger charge is 2.37. The number of oxime groups is 1. The van der Waals surface area contributed by atoms with Gasteiger partial charge in [-0.05, 0) is 31.4 Å². The number of nitrogens with zero attached hydrogens (tertiary/aromatic N) is 2. The zero-order chi connectivity index (χ0) is 19.0. The Morgan fingerprint density at radius 1 is 0.926 bits per heavy atom. The molecule has 0 radical (unpaired) electrons. The molecule has 0 fully saturated rings. The van der Waals surface area contributed by atoms with Crippen LogP contribution in [0.1, 0.15) is 37.8 Å². The second-order valence-electron chi connectivity index (χ2n) is 7.07. The Hall–Kier alpha value is -1.44. The molecule has 0 amide bonds. The van der Waals surface area contributed by atoms with Crippen molar-refractivity contribution in [2.75, 3.05) is 26.7 Å². The first-order valence-electron chi connectivity index (χ1n) is 9.38. The van der Waals surface area contributed by atoms with Crippen molar-refractivity contribution >= 4 is 5.71 Å². The molecule has 2 rings (SSSR count). The third-order valence-electron chi connectivity index (χ3n) is 5.56. The Bertz CT molecular complexity index is 661. The Labute approximate surface area is 180 Å². The van der Waals surface area contributed by atoms with Gasteiger partial charge in [-0.1, -0.05) is 65.8 Å². The third-order valence-corrected chi connectivity index (χ3v) is 5.56. The third kappa shape index (κ3) is 5.53. The van der Waals surface area contributed by atoms with Gasteiger partial charge < -0.3 is 38.8 Å². The fraction of sp³-hybridized carbons (Fsp3) is 0.409. The van der Waals surface area contributed by atoms with Crippen molar-refractivity contribution in [1.82, 2.24) is 0 Å². The van der Waals surface area contributed by atoms with Gasteiger partial charge >= 0.3 is 0 Å². The van der Waals surface area contributed by atoms with Gasteiger partial charge in [0.25, 0.3) is 0 Å². The van der Waals surface area contributed by atoms with E-state index in [-0.39, 0.29) is 24.0 Å².